The number of nitrogens with zero attached hydrogens (tertiary/aromatic N) is 2. The molecule has 0 bridgehead atoms. The molecule has 92 valence electrons. The van der Waals surface area contributed by atoms with Crippen molar-refractivity contribution >= 4 is 39.9 Å². The SMILES string of the molecule is CCCNC(=S)N/N=C/c1ccc([N+](=O)[O-])s1. The van der Waals surface area contributed by atoms with Crippen molar-refractivity contribution < 1.29 is 4.92 Å². The highest BCUT2D eigenvalue weighted by Crippen LogP contribution is 2.22. The number of nitro groups is 1. The quantitative estimate of drug-likeness (QED) is 0.370. The van der Waals surface area contributed by atoms with Gasteiger partial charge < -0.3 is 5.32 Å². The molecule has 0 saturated heterocycles. The summed E-state index contributed by atoms with van der Waals surface area (Å²) < 4.78 is 0. The zero-order valence-electron chi connectivity index (χ0n) is 9.17. The predicted octanol–water partition coefficient (Wildman–Crippen LogP) is 1.86. The normalized spacial score (nSPS) is 10.4. The number of hydrazone groups is 1. The maximum atomic E-state index is 10.4. The topological polar surface area (TPSA) is 79.6 Å². The minimum Gasteiger partial charge on any atom is -0.361 e. The summed E-state index contributed by atoms with van der Waals surface area (Å²) >= 11 is 6.00. The predicted molar refractivity (Wildman–Crippen MR) is 72.6 cm³/mol. The van der Waals surface area contributed by atoms with Gasteiger partial charge in [0.1, 0.15) is 0 Å². The van der Waals surface area contributed by atoms with Crippen molar-refractivity contribution in [1.82, 2.24) is 10.7 Å². The van der Waals surface area contributed by atoms with Crippen LogP contribution in [0.4, 0.5) is 5.00 Å². The lowest BCUT2D eigenvalue weighted by molar-refractivity contribution is -0.380. The van der Waals surface area contributed by atoms with Gasteiger partial charge in [-0.15, -0.1) is 0 Å². The van der Waals surface area contributed by atoms with Crippen LogP contribution in [0.1, 0.15) is 18.2 Å². The summed E-state index contributed by atoms with van der Waals surface area (Å²) in [7, 11) is 0. The second kappa shape index (κ2) is 6.92. The van der Waals surface area contributed by atoms with Gasteiger partial charge in [-0.1, -0.05) is 18.3 Å². The van der Waals surface area contributed by atoms with Crippen LogP contribution in [0.3, 0.4) is 0 Å². The van der Waals surface area contributed by atoms with Gasteiger partial charge in [-0.3, -0.25) is 15.5 Å². The van der Waals surface area contributed by atoms with Gasteiger partial charge >= 0.3 is 5.00 Å². The lowest BCUT2D eigenvalue weighted by Crippen LogP contribution is -2.32. The van der Waals surface area contributed by atoms with Crippen molar-refractivity contribution in [2.75, 3.05) is 6.54 Å². The fourth-order valence-corrected chi connectivity index (χ4v) is 1.79. The standard InChI is InChI=1S/C9H12N4O2S2/c1-2-5-10-9(16)12-11-6-7-3-4-8(17-7)13(14)15/h3-4,6H,2,5H2,1H3,(H2,10,12,16)/b11-6+. The first kappa shape index (κ1) is 13.5. The number of thiophene rings is 1. The molecule has 2 N–H and O–H groups in total. The molecule has 8 heteroatoms. The van der Waals surface area contributed by atoms with E-state index in [0.29, 0.717) is 9.99 Å². The second-order valence-corrected chi connectivity index (χ2v) is 4.56. The first-order valence-electron chi connectivity index (χ1n) is 4.94. The average Bonchev–Trinajstić information content (AvgIpc) is 2.75. The summed E-state index contributed by atoms with van der Waals surface area (Å²) in [5.41, 5.74) is 2.63. The van der Waals surface area contributed by atoms with E-state index in [4.69, 9.17) is 12.2 Å². The van der Waals surface area contributed by atoms with E-state index >= 15 is 0 Å². The van der Waals surface area contributed by atoms with Crippen molar-refractivity contribution in [2.45, 2.75) is 13.3 Å². The Morgan fingerprint density at radius 3 is 3.06 bits per heavy atom. The Morgan fingerprint density at radius 1 is 1.71 bits per heavy atom. The Morgan fingerprint density at radius 2 is 2.47 bits per heavy atom. The molecule has 0 amide bonds. The van der Waals surface area contributed by atoms with Crippen LogP contribution in [0, 0.1) is 10.1 Å². The van der Waals surface area contributed by atoms with E-state index in [9.17, 15) is 10.1 Å². The fraction of sp³-hybridized carbons (Fsp3) is 0.333. The summed E-state index contributed by atoms with van der Waals surface area (Å²) in [5.74, 6) is 0. The molecule has 17 heavy (non-hydrogen) atoms. The minimum absolute atomic E-state index is 0.0955. The lowest BCUT2D eigenvalue weighted by atomic mass is 10.5. The van der Waals surface area contributed by atoms with Crippen LogP contribution in [0.25, 0.3) is 0 Å². The number of rotatable bonds is 5. The third kappa shape index (κ3) is 4.87. The Hall–Kier alpha value is -1.54. The van der Waals surface area contributed by atoms with Gasteiger partial charge in [-0.25, -0.2) is 0 Å². The van der Waals surface area contributed by atoms with Crippen LogP contribution in [0.5, 0.6) is 0 Å². The van der Waals surface area contributed by atoms with Gasteiger partial charge in [0.05, 0.1) is 16.0 Å². The molecule has 0 unspecified atom stereocenters. The van der Waals surface area contributed by atoms with Crippen LogP contribution in [0.15, 0.2) is 17.2 Å². The molecule has 1 heterocycles. The molecule has 0 fully saturated rings. The van der Waals surface area contributed by atoms with Gasteiger partial charge in [0.2, 0.25) is 0 Å². The first-order valence-corrected chi connectivity index (χ1v) is 6.17. The molecule has 0 atom stereocenters. The molecule has 0 aromatic carbocycles. The molecular formula is C9H12N4O2S2. The summed E-state index contributed by atoms with van der Waals surface area (Å²) in [6.45, 7) is 2.81. The van der Waals surface area contributed by atoms with E-state index in [1.54, 1.807) is 6.07 Å². The number of hydrogen-bond donors (Lipinski definition) is 2. The Balaban J connectivity index is 2.42. The van der Waals surface area contributed by atoms with Gasteiger partial charge in [0, 0.05) is 12.6 Å². The first-order chi connectivity index (χ1) is 8.13. The van der Waals surface area contributed by atoms with Gasteiger partial charge in [-0.2, -0.15) is 5.10 Å². The molecule has 1 rings (SSSR count). The van der Waals surface area contributed by atoms with Crippen LogP contribution in [-0.4, -0.2) is 22.8 Å². The largest absolute Gasteiger partial charge is 0.361 e. The molecule has 0 aliphatic rings. The smallest absolute Gasteiger partial charge is 0.324 e. The Bertz CT molecular complexity index is 430. The Kier molecular flexibility index (Phi) is 5.50. The van der Waals surface area contributed by atoms with E-state index in [1.165, 1.54) is 12.3 Å². The molecule has 0 aliphatic carbocycles. The number of thiocarbonyl (C=S) groups is 1. The molecule has 0 aliphatic heterocycles. The maximum absolute atomic E-state index is 10.4. The van der Waals surface area contributed by atoms with Crippen molar-refractivity contribution in [3.8, 4) is 0 Å². The zero-order chi connectivity index (χ0) is 12.7. The van der Waals surface area contributed by atoms with Crippen LogP contribution >= 0.6 is 23.6 Å². The van der Waals surface area contributed by atoms with Crippen molar-refractivity contribution in [1.29, 1.82) is 0 Å². The van der Waals surface area contributed by atoms with Crippen LogP contribution < -0.4 is 10.7 Å². The molecular weight excluding hydrogens is 260 g/mol. The van der Waals surface area contributed by atoms with Gasteiger partial charge in [-0.05, 0) is 24.7 Å². The molecule has 1 aromatic rings. The molecule has 6 nitrogen and oxygen atoms in total. The molecule has 0 radical (unpaired) electrons. The van der Waals surface area contributed by atoms with E-state index in [0.717, 1.165) is 24.3 Å². The van der Waals surface area contributed by atoms with Gasteiger partial charge in [0.15, 0.2) is 5.11 Å². The molecule has 0 spiro atoms. The molecule has 0 saturated carbocycles. The highest BCUT2D eigenvalue weighted by molar-refractivity contribution is 7.80. The number of hydrogen-bond acceptors (Lipinski definition) is 5. The van der Waals surface area contributed by atoms with E-state index in [2.05, 4.69) is 15.8 Å². The monoisotopic (exact) mass is 272 g/mol. The van der Waals surface area contributed by atoms with E-state index < -0.39 is 4.92 Å². The maximum Gasteiger partial charge on any atom is 0.324 e. The summed E-state index contributed by atoms with van der Waals surface area (Å²) in [4.78, 5) is 10.7. The van der Waals surface area contributed by atoms with E-state index in [-0.39, 0.29) is 5.00 Å². The fourth-order valence-electron chi connectivity index (χ4n) is 0.942. The third-order valence-corrected chi connectivity index (χ3v) is 2.89. The second-order valence-electron chi connectivity index (χ2n) is 3.06. The summed E-state index contributed by atoms with van der Waals surface area (Å²) in [6.07, 6.45) is 2.47. The number of nitrogens with one attached hydrogen (secondary N) is 2. The van der Waals surface area contributed by atoms with Crippen molar-refractivity contribution in [3.05, 3.63) is 27.1 Å². The van der Waals surface area contributed by atoms with Gasteiger partial charge in [0.25, 0.3) is 0 Å². The van der Waals surface area contributed by atoms with Crippen molar-refractivity contribution in [3.63, 3.8) is 0 Å². The summed E-state index contributed by atoms with van der Waals surface area (Å²) in [6, 6.07) is 3.08. The average molecular weight is 272 g/mol. The highest BCUT2D eigenvalue weighted by Gasteiger charge is 2.07. The minimum atomic E-state index is -0.428. The van der Waals surface area contributed by atoms with Crippen molar-refractivity contribution in [2.24, 2.45) is 5.10 Å². The van der Waals surface area contributed by atoms with Crippen LogP contribution in [0.2, 0.25) is 0 Å². The van der Waals surface area contributed by atoms with Crippen LogP contribution in [-0.2, 0) is 0 Å². The third-order valence-electron chi connectivity index (χ3n) is 1.69. The lowest BCUT2D eigenvalue weighted by Gasteiger charge is -2.03. The highest BCUT2D eigenvalue weighted by atomic mass is 32.1. The Labute approximate surface area is 108 Å². The van der Waals surface area contributed by atoms with E-state index in [1.807, 2.05) is 6.92 Å². The molecule has 1 aromatic heterocycles. The zero-order valence-corrected chi connectivity index (χ0v) is 10.8. The summed E-state index contributed by atoms with van der Waals surface area (Å²) in [5, 5.41) is 17.8.